The molecule has 0 saturated heterocycles. The Morgan fingerprint density at radius 1 is 1.38 bits per heavy atom. The first-order valence-corrected chi connectivity index (χ1v) is 7.60. The molecule has 1 atom stereocenters. The number of rotatable bonds is 2. The average molecular weight is 286 g/mol. The number of fused-ring (bicyclic) bond motifs is 2. The summed E-state index contributed by atoms with van der Waals surface area (Å²) in [6.07, 6.45) is 7.57. The summed E-state index contributed by atoms with van der Waals surface area (Å²) < 4.78 is 7.32. The molecule has 2 aliphatic rings. The molecule has 21 heavy (non-hydrogen) atoms. The van der Waals surface area contributed by atoms with E-state index in [9.17, 15) is 4.79 Å². The molecule has 0 radical (unpaired) electrons. The molecule has 0 spiro atoms. The smallest absolute Gasteiger partial charge is 0.273 e. The van der Waals surface area contributed by atoms with E-state index < -0.39 is 0 Å². The molecule has 2 aromatic heterocycles. The second kappa shape index (κ2) is 5.02. The van der Waals surface area contributed by atoms with Gasteiger partial charge in [-0.15, -0.1) is 0 Å². The van der Waals surface area contributed by atoms with Crippen molar-refractivity contribution in [3.63, 3.8) is 0 Å². The lowest BCUT2D eigenvalue weighted by Crippen LogP contribution is -2.40. The van der Waals surface area contributed by atoms with Crippen LogP contribution in [0.15, 0.2) is 16.8 Å². The topological polar surface area (TPSA) is 73.0 Å². The second-order valence-electron chi connectivity index (χ2n) is 5.85. The lowest BCUT2D eigenvalue weighted by molar-refractivity contribution is 0.0920. The Balaban J connectivity index is 1.48. The van der Waals surface area contributed by atoms with E-state index >= 15 is 0 Å². The molecular formula is C15H18N4O2. The van der Waals surface area contributed by atoms with E-state index in [2.05, 4.69) is 15.6 Å². The third-order valence-corrected chi connectivity index (χ3v) is 4.45. The van der Waals surface area contributed by atoms with Gasteiger partial charge in [0.15, 0.2) is 5.69 Å². The van der Waals surface area contributed by atoms with Gasteiger partial charge in [0.25, 0.3) is 5.91 Å². The number of carbonyl (C=O) groups is 1. The molecule has 0 saturated carbocycles. The summed E-state index contributed by atoms with van der Waals surface area (Å²) in [6, 6.07) is 2.16. The minimum atomic E-state index is -0.0973. The van der Waals surface area contributed by atoms with E-state index in [1.54, 1.807) is 0 Å². The van der Waals surface area contributed by atoms with E-state index in [0.717, 1.165) is 56.4 Å². The van der Waals surface area contributed by atoms with Crippen LogP contribution in [0.3, 0.4) is 0 Å². The van der Waals surface area contributed by atoms with Gasteiger partial charge in [-0.2, -0.15) is 5.10 Å². The minimum Gasteiger partial charge on any atom is -0.360 e. The normalized spacial score (nSPS) is 20.7. The van der Waals surface area contributed by atoms with Gasteiger partial charge in [0.05, 0.1) is 0 Å². The zero-order valence-electron chi connectivity index (χ0n) is 11.8. The van der Waals surface area contributed by atoms with Crippen molar-refractivity contribution in [2.75, 3.05) is 0 Å². The Bertz CT molecular complexity index is 673. The molecule has 1 aliphatic heterocycles. The van der Waals surface area contributed by atoms with Gasteiger partial charge in [0, 0.05) is 42.9 Å². The number of aromatic nitrogens is 3. The molecule has 1 amide bonds. The quantitative estimate of drug-likeness (QED) is 0.908. The van der Waals surface area contributed by atoms with Crippen LogP contribution in [-0.2, 0) is 25.8 Å². The Morgan fingerprint density at radius 2 is 2.29 bits per heavy atom. The fourth-order valence-corrected chi connectivity index (χ4v) is 3.31. The predicted octanol–water partition coefficient (Wildman–Crippen LogP) is 1.49. The van der Waals surface area contributed by atoms with Crippen molar-refractivity contribution in [2.45, 2.75) is 51.1 Å². The number of hydrogen-bond acceptors (Lipinski definition) is 4. The molecule has 2 aromatic rings. The van der Waals surface area contributed by atoms with Crippen molar-refractivity contribution in [3.8, 4) is 0 Å². The van der Waals surface area contributed by atoms with Crippen molar-refractivity contribution >= 4 is 5.91 Å². The van der Waals surface area contributed by atoms with Crippen LogP contribution >= 0.6 is 0 Å². The van der Waals surface area contributed by atoms with E-state index in [0.29, 0.717) is 5.69 Å². The number of hydrogen-bond donors (Lipinski definition) is 1. The van der Waals surface area contributed by atoms with Crippen LogP contribution in [0.2, 0.25) is 0 Å². The zero-order valence-corrected chi connectivity index (χ0v) is 11.8. The summed E-state index contributed by atoms with van der Waals surface area (Å²) >= 11 is 0. The van der Waals surface area contributed by atoms with E-state index in [4.69, 9.17) is 4.52 Å². The molecule has 0 aromatic carbocycles. The molecule has 6 nitrogen and oxygen atoms in total. The van der Waals surface area contributed by atoms with Gasteiger partial charge in [-0.1, -0.05) is 5.16 Å². The zero-order chi connectivity index (χ0) is 14.2. The maximum atomic E-state index is 12.4. The lowest BCUT2D eigenvalue weighted by Gasteiger charge is -2.24. The van der Waals surface area contributed by atoms with Crippen molar-refractivity contribution in [2.24, 2.45) is 0 Å². The Morgan fingerprint density at radius 3 is 3.24 bits per heavy atom. The monoisotopic (exact) mass is 286 g/mol. The number of amides is 1. The molecule has 1 unspecified atom stereocenters. The molecule has 110 valence electrons. The predicted molar refractivity (Wildman–Crippen MR) is 74.9 cm³/mol. The molecule has 4 rings (SSSR count). The van der Waals surface area contributed by atoms with Crippen LogP contribution in [0.25, 0.3) is 0 Å². The van der Waals surface area contributed by atoms with Gasteiger partial charge in [0.1, 0.15) is 5.76 Å². The first-order valence-electron chi connectivity index (χ1n) is 7.60. The van der Waals surface area contributed by atoms with Gasteiger partial charge in [-0.3, -0.25) is 9.48 Å². The molecule has 0 fully saturated rings. The maximum Gasteiger partial charge on any atom is 0.273 e. The summed E-state index contributed by atoms with van der Waals surface area (Å²) in [5.74, 6) is 0.799. The molecular weight excluding hydrogens is 268 g/mol. The Hall–Kier alpha value is -2.11. The molecule has 6 heteroatoms. The van der Waals surface area contributed by atoms with Crippen LogP contribution in [0.1, 0.15) is 46.8 Å². The van der Waals surface area contributed by atoms with Crippen molar-refractivity contribution < 1.29 is 9.32 Å². The summed E-state index contributed by atoms with van der Waals surface area (Å²) in [5.41, 5.74) is 2.68. The standard InChI is InChI=1S/C15H18N4O2/c20-15(14-12-3-1-2-4-13(12)21-18-14)17-10-6-8-19-11(9-10)5-7-16-19/h5,7,10H,1-4,6,8-9H2,(H,17,20). The van der Waals surface area contributed by atoms with E-state index in [1.807, 2.05) is 16.9 Å². The lowest BCUT2D eigenvalue weighted by atomic mass is 9.96. The second-order valence-corrected chi connectivity index (χ2v) is 5.85. The summed E-state index contributed by atoms with van der Waals surface area (Å²) in [5, 5.41) is 11.3. The largest absolute Gasteiger partial charge is 0.360 e. The maximum absolute atomic E-state index is 12.4. The average Bonchev–Trinajstić information content (AvgIpc) is 3.13. The Kier molecular flexibility index (Phi) is 3.02. The number of aryl methyl sites for hydroxylation is 2. The number of carbonyl (C=O) groups excluding carboxylic acids is 1. The van der Waals surface area contributed by atoms with Crippen molar-refractivity contribution in [1.82, 2.24) is 20.3 Å². The van der Waals surface area contributed by atoms with Gasteiger partial charge in [-0.05, 0) is 31.7 Å². The summed E-state index contributed by atoms with van der Waals surface area (Å²) in [7, 11) is 0. The fraction of sp³-hybridized carbons (Fsp3) is 0.533. The highest BCUT2D eigenvalue weighted by atomic mass is 16.5. The molecule has 0 bridgehead atoms. The van der Waals surface area contributed by atoms with Crippen LogP contribution in [0.4, 0.5) is 0 Å². The van der Waals surface area contributed by atoms with Crippen LogP contribution < -0.4 is 5.32 Å². The summed E-state index contributed by atoms with van der Waals surface area (Å²) in [4.78, 5) is 12.4. The molecule has 3 heterocycles. The third-order valence-electron chi connectivity index (χ3n) is 4.45. The first kappa shape index (κ1) is 12.6. The van der Waals surface area contributed by atoms with Gasteiger partial charge in [0.2, 0.25) is 0 Å². The summed E-state index contributed by atoms with van der Waals surface area (Å²) in [6.45, 7) is 0.851. The first-order chi connectivity index (χ1) is 10.3. The number of nitrogens with one attached hydrogen (secondary N) is 1. The SMILES string of the molecule is O=C(NC1CCn2nccc2C1)c1noc2c1CCCC2. The van der Waals surface area contributed by atoms with E-state index in [1.165, 1.54) is 5.69 Å². The Labute approximate surface area is 122 Å². The molecule has 1 aliphatic carbocycles. The highest BCUT2D eigenvalue weighted by molar-refractivity contribution is 5.94. The van der Waals surface area contributed by atoms with Crippen molar-refractivity contribution in [1.29, 1.82) is 0 Å². The van der Waals surface area contributed by atoms with Crippen LogP contribution in [-0.4, -0.2) is 26.9 Å². The number of nitrogens with zero attached hydrogens (tertiary/aromatic N) is 3. The van der Waals surface area contributed by atoms with Crippen molar-refractivity contribution in [3.05, 3.63) is 35.0 Å². The minimum absolute atomic E-state index is 0.0973. The van der Waals surface area contributed by atoms with Gasteiger partial charge < -0.3 is 9.84 Å². The van der Waals surface area contributed by atoms with Crippen LogP contribution in [0.5, 0.6) is 0 Å². The van der Waals surface area contributed by atoms with Gasteiger partial charge in [-0.25, -0.2) is 0 Å². The fourth-order valence-electron chi connectivity index (χ4n) is 3.31. The van der Waals surface area contributed by atoms with Crippen LogP contribution in [0, 0.1) is 0 Å². The van der Waals surface area contributed by atoms with E-state index in [-0.39, 0.29) is 11.9 Å². The third kappa shape index (κ3) is 2.24. The highest BCUT2D eigenvalue weighted by Crippen LogP contribution is 2.24. The highest BCUT2D eigenvalue weighted by Gasteiger charge is 2.27. The van der Waals surface area contributed by atoms with Gasteiger partial charge >= 0.3 is 0 Å². The molecule has 1 N–H and O–H groups in total.